The summed E-state index contributed by atoms with van der Waals surface area (Å²) in [5.41, 5.74) is 3.62. The van der Waals surface area contributed by atoms with Gasteiger partial charge in [0.05, 0.1) is 48.5 Å². The highest BCUT2D eigenvalue weighted by Gasteiger charge is 2.66. The van der Waals surface area contributed by atoms with E-state index >= 15 is 9.59 Å². The molecule has 1 saturated heterocycles. The van der Waals surface area contributed by atoms with Crippen molar-refractivity contribution in [2.75, 3.05) is 38.1 Å². The Bertz CT molecular complexity index is 2660. The number of hydrogen-bond acceptors (Lipinski definition) is 10. The molecule has 5 aromatic rings. The zero-order valence-electron chi connectivity index (χ0n) is 34.2. The number of Topliss-reactive ketones (excluding diaryl/α,β-unsaturated/α-hetero) is 1. The number of nitrogens with zero attached hydrogens (tertiary/aromatic N) is 4. The van der Waals surface area contributed by atoms with Crippen LogP contribution in [0.2, 0.25) is 0 Å². The van der Waals surface area contributed by atoms with Gasteiger partial charge in [0.25, 0.3) is 0 Å². The third kappa shape index (κ3) is 6.34. The Morgan fingerprint density at radius 2 is 1.39 bits per heavy atom. The molecule has 306 valence electrons. The zero-order valence-corrected chi connectivity index (χ0v) is 34.2. The largest absolute Gasteiger partial charge is 0.507 e. The second kappa shape index (κ2) is 15.5. The Labute approximate surface area is 353 Å². The summed E-state index contributed by atoms with van der Waals surface area (Å²) in [6, 6.07) is 35.9. The Kier molecular flexibility index (Phi) is 9.97. The van der Waals surface area contributed by atoms with E-state index in [0.29, 0.717) is 45.1 Å². The van der Waals surface area contributed by atoms with Crippen LogP contribution in [0.4, 0.5) is 22.7 Å². The highest BCUT2D eigenvalue weighted by Crippen LogP contribution is 2.65. The number of fused-ring (bicyclic) bond motifs is 4. The first-order chi connectivity index (χ1) is 29.6. The first-order valence-corrected chi connectivity index (χ1v) is 20.3. The van der Waals surface area contributed by atoms with Crippen LogP contribution in [0.1, 0.15) is 35.4 Å². The van der Waals surface area contributed by atoms with E-state index in [1.54, 1.807) is 42.5 Å². The van der Waals surface area contributed by atoms with Crippen molar-refractivity contribution in [1.82, 2.24) is 0 Å². The first kappa shape index (κ1) is 39.3. The summed E-state index contributed by atoms with van der Waals surface area (Å²) in [6.07, 6.45) is 3.74. The van der Waals surface area contributed by atoms with Crippen LogP contribution < -0.4 is 19.3 Å². The van der Waals surface area contributed by atoms with Crippen molar-refractivity contribution < 1.29 is 33.8 Å². The molecule has 6 unspecified atom stereocenters. The van der Waals surface area contributed by atoms with Crippen LogP contribution in [0, 0.1) is 23.7 Å². The second-order valence-corrected chi connectivity index (χ2v) is 16.2. The molecule has 6 atom stereocenters. The summed E-state index contributed by atoms with van der Waals surface area (Å²) < 4.78 is 11.5. The molecule has 2 amide bonds. The molecule has 1 N–H and O–H groups in total. The lowest BCUT2D eigenvalue weighted by atomic mass is 9.44. The van der Waals surface area contributed by atoms with Gasteiger partial charge in [0.15, 0.2) is 11.6 Å². The van der Waals surface area contributed by atoms with Crippen molar-refractivity contribution in [2.24, 2.45) is 33.9 Å². The predicted molar refractivity (Wildman–Crippen MR) is 232 cm³/mol. The van der Waals surface area contributed by atoms with E-state index in [0.717, 1.165) is 5.69 Å². The number of imide groups is 1. The van der Waals surface area contributed by atoms with Crippen LogP contribution in [0.3, 0.4) is 0 Å². The summed E-state index contributed by atoms with van der Waals surface area (Å²) in [4.78, 5) is 63.3. The number of rotatable bonds is 9. The maximum Gasteiger partial charge on any atom is 0.238 e. The van der Waals surface area contributed by atoms with Crippen molar-refractivity contribution in [3.8, 4) is 17.2 Å². The third-order valence-electron chi connectivity index (χ3n) is 13.0. The minimum absolute atomic E-state index is 0.119. The van der Waals surface area contributed by atoms with E-state index < -0.39 is 35.0 Å². The van der Waals surface area contributed by atoms with E-state index in [4.69, 9.17) is 9.47 Å². The highest BCUT2D eigenvalue weighted by atomic mass is 16.5. The topological polar surface area (TPSA) is 138 Å². The maximum absolute atomic E-state index is 15.4. The van der Waals surface area contributed by atoms with Gasteiger partial charge < -0.3 is 19.5 Å². The summed E-state index contributed by atoms with van der Waals surface area (Å²) in [6.45, 7) is 0. The molecular formula is C50H44N4O7. The number of allylic oxidation sites excluding steroid dienone is 4. The van der Waals surface area contributed by atoms with E-state index in [1.165, 1.54) is 31.3 Å². The molecule has 0 aromatic heterocycles. The van der Waals surface area contributed by atoms with Crippen molar-refractivity contribution in [3.05, 3.63) is 156 Å². The van der Waals surface area contributed by atoms with E-state index in [9.17, 15) is 14.7 Å². The Hall–Kier alpha value is -7.14. The van der Waals surface area contributed by atoms with Crippen molar-refractivity contribution >= 4 is 51.7 Å². The van der Waals surface area contributed by atoms with Gasteiger partial charge in [-0.3, -0.25) is 24.1 Å². The number of ether oxygens (including phenoxy) is 2. The molecular weight excluding hydrogens is 769 g/mol. The monoisotopic (exact) mass is 812 g/mol. The number of carbonyl (C=O) groups excluding carboxylic acids is 4. The number of azo groups is 1. The van der Waals surface area contributed by atoms with Crippen LogP contribution >= 0.6 is 0 Å². The zero-order chi connectivity index (χ0) is 42.6. The average Bonchev–Trinajstić information content (AvgIpc) is 3.55. The average molecular weight is 813 g/mol. The van der Waals surface area contributed by atoms with Gasteiger partial charge in [-0.2, -0.15) is 10.2 Å². The molecule has 1 saturated carbocycles. The fourth-order valence-electron chi connectivity index (χ4n) is 10.2. The van der Waals surface area contributed by atoms with Gasteiger partial charge in [-0.15, -0.1) is 0 Å². The number of amides is 2. The lowest BCUT2D eigenvalue weighted by Gasteiger charge is -2.55. The van der Waals surface area contributed by atoms with Gasteiger partial charge in [0.1, 0.15) is 17.2 Å². The number of anilines is 2. The number of benzene rings is 5. The second-order valence-electron chi connectivity index (χ2n) is 16.2. The molecule has 3 aliphatic carbocycles. The lowest BCUT2D eigenvalue weighted by Crippen LogP contribution is -2.58. The van der Waals surface area contributed by atoms with E-state index in [1.807, 2.05) is 97.9 Å². The number of methoxy groups -OCH3 is 2. The quantitative estimate of drug-likeness (QED) is 0.0885. The molecule has 0 radical (unpaired) electrons. The maximum atomic E-state index is 15.4. The smallest absolute Gasteiger partial charge is 0.238 e. The van der Waals surface area contributed by atoms with Gasteiger partial charge in [-0.25, -0.2) is 0 Å². The number of phenolic OH excluding ortho intramolecular Hbond substituents is 1. The lowest BCUT2D eigenvalue weighted by molar-refractivity contribution is -0.135. The summed E-state index contributed by atoms with van der Waals surface area (Å²) >= 11 is 0. The van der Waals surface area contributed by atoms with E-state index in [2.05, 4.69) is 10.2 Å². The van der Waals surface area contributed by atoms with Gasteiger partial charge in [-0.05, 0) is 84.5 Å². The van der Waals surface area contributed by atoms with Crippen molar-refractivity contribution in [2.45, 2.75) is 24.2 Å². The summed E-state index contributed by atoms with van der Waals surface area (Å²) in [5.74, 6) is -5.00. The fourth-order valence-corrected chi connectivity index (χ4v) is 10.2. The van der Waals surface area contributed by atoms with Crippen LogP contribution in [0.15, 0.2) is 149 Å². The van der Waals surface area contributed by atoms with Crippen LogP contribution in [-0.2, 0) is 24.6 Å². The standard InChI is InChI=1S/C50H44N4O7/c1-53(2)33-19-15-31(16-20-33)51-52-32-17-21-34(22-18-32)54-48(58)37-24-23-36-39(44(37)49(54)59)27-40-47(57)38(29-11-7-5-8-12-29)28-43(56)50(40,30-13-9-6-10-14-30)46(36)45-41(55)25-35(60-3)26-42(45)61-4/h5-23,25-26,28,37,39-40,44,46,55H,24,27H2,1-4H3. The molecule has 61 heavy (non-hydrogen) atoms. The minimum atomic E-state index is -1.55. The van der Waals surface area contributed by atoms with Crippen molar-refractivity contribution in [3.63, 3.8) is 0 Å². The molecule has 1 aliphatic heterocycles. The first-order valence-electron chi connectivity index (χ1n) is 20.3. The normalized spacial score (nSPS) is 24.5. The van der Waals surface area contributed by atoms with Gasteiger partial charge in [0, 0.05) is 54.9 Å². The van der Waals surface area contributed by atoms with Crippen LogP contribution in [0.5, 0.6) is 17.2 Å². The number of phenols is 1. The molecule has 1 heterocycles. The SMILES string of the molecule is COc1cc(O)c(C2C3=CCC4C(=O)N(c5ccc(N=Nc6ccc(N(C)C)cc6)cc5)C(=O)C4C3CC3C(=O)C(c4ccccc4)=CC(=O)C32c2ccccc2)c(OC)c1. The molecule has 0 spiro atoms. The fraction of sp³-hybridized carbons (Fsp3) is 0.240. The predicted octanol–water partition coefficient (Wildman–Crippen LogP) is 8.92. The number of hydrogen-bond donors (Lipinski definition) is 1. The molecule has 11 heteroatoms. The molecule has 2 fully saturated rings. The number of carbonyl (C=O) groups is 4. The molecule has 5 aromatic carbocycles. The highest BCUT2D eigenvalue weighted by molar-refractivity contribution is 6.32. The summed E-state index contributed by atoms with van der Waals surface area (Å²) in [5, 5.41) is 20.7. The Balaban J connectivity index is 1.15. The van der Waals surface area contributed by atoms with Crippen molar-refractivity contribution in [1.29, 1.82) is 0 Å². The molecule has 9 rings (SSSR count). The number of aromatic hydroxyl groups is 1. The molecule has 11 nitrogen and oxygen atoms in total. The van der Waals surface area contributed by atoms with Gasteiger partial charge in [0.2, 0.25) is 11.8 Å². The van der Waals surface area contributed by atoms with Gasteiger partial charge in [-0.1, -0.05) is 72.3 Å². The van der Waals surface area contributed by atoms with E-state index in [-0.39, 0.29) is 53.3 Å². The van der Waals surface area contributed by atoms with Crippen LogP contribution in [0.25, 0.3) is 5.57 Å². The summed E-state index contributed by atoms with van der Waals surface area (Å²) in [7, 11) is 6.88. The molecule has 4 aliphatic rings. The number of ketones is 2. The van der Waals surface area contributed by atoms with Crippen LogP contribution in [-0.4, -0.2) is 56.8 Å². The third-order valence-corrected chi connectivity index (χ3v) is 13.0. The molecule has 0 bridgehead atoms. The van der Waals surface area contributed by atoms with Gasteiger partial charge >= 0.3 is 0 Å². The Morgan fingerprint density at radius 1 is 0.754 bits per heavy atom. The minimum Gasteiger partial charge on any atom is -0.507 e. The Morgan fingerprint density at radius 3 is 2.02 bits per heavy atom.